The molecule has 0 unspecified atom stereocenters. The van der Waals surface area contributed by atoms with Crippen LogP contribution in [0.25, 0.3) is 0 Å². The Bertz CT molecular complexity index is 810. The molecule has 2 heterocycles. The van der Waals surface area contributed by atoms with Crippen LogP contribution in [-0.2, 0) is 11.3 Å². The van der Waals surface area contributed by atoms with Crippen LogP contribution < -0.4 is 9.47 Å². The molecular formula is C24H35N3O4S. The zero-order valence-corrected chi connectivity index (χ0v) is 20.1. The predicted octanol–water partition coefficient (Wildman–Crippen LogP) is 4.09. The van der Waals surface area contributed by atoms with E-state index in [2.05, 4.69) is 16.8 Å². The predicted molar refractivity (Wildman–Crippen MR) is 127 cm³/mol. The summed E-state index contributed by atoms with van der Waals surface area (Å²) in [5.74, 6) is 1.21. The molecule has 1 aromatic carbocycles. The van der Waals surface area contributed by atoms with Gasteiger partial charge in [-0.2, -0.15) is 0 Å². The molecule has 32 heavy (non-hydrogen) atoms. The number of carbonyl (C=O) groups excluding carboxylic acids is 1. The molecule has 0 aliphatic carbocycles. The average molecular weight is 462 g/mol. The van der Waals surface area contributed by atoms with E-state index in [0.29, 0.717) is 23.7 Å². The summed E-state index contributed by atoms with van der Waals surface area (Å²) in [5.41, 5.74) is 3.28. The van der Waals surface area contributed by atoms with E-state index >= 15 is 0 Å². The Morgan fingerprint density at radius 2 is 2.03 bits per heavy atom. The average Bonchev–Trinajstić information content (AvgIpc) is 3.36. The van der Waals surface area contributed by atoms with Gasteiger partial charge >= 0.3 is 0 Å². The lowest BCUT2D eigenvalue weighted by Gasteiger charge is -2.30. The number of morpholine rings is 1. The van der Waals surface area contributed by atoms with Crippen molar-refractivity contribution < 1.29 is 19.0 Å². The molecule has 0 bridgehead atoms. The van der Waals surface area contributed by atoms with Crippen molar-refractivity contribution in [1.29, 1.82) is 0 Å². The first-order valence-electron chi connectivity index (χ1n) is 11.5. The summed E-state index contributed by atoms with van der Waals surface area (Å²) >= 11 is 1.54. The molecule has 0 radical (unpaired) electrons. The number of hydrogen-bond acceptors (Lipinski definition) is 7. The molecule has 176 valence electrons. The number of aromatic nitrogens is 1. The number of hydrogen-bond donors (Lipinski definition) is 0. The smallest absolute Gasteiger partial charge is 0.254 e. The molecule has 1 amide bonds. The van der Waals surface area contributed by atoms with Gasteiger partial charge in [0.25, 0.3) is 5.91 Å². The Morgan fingerprint density at radius 1 is 1.19 bits per heavy atom. The summed E-state index contributed by atoms with van der Waals surface area (Å²) in [6, 6.07) is 5.43. The van der Waals surface area contributed by atoms with Crippen molar-refractivity contribution in [3.05, 3.63) is 40.3 Å². The van der Waals surface area contributed by atoms with Crippen LogP contribution in [0, 0.1) is 0 Å². The van der Waals surface area contributed by atoms with Gasteiger partial charge in [-0.1, -0.05) is 26.2 Å². The van der Waals surface area contributed by atoms with Crippen molar-refractivity contribution in [3.63, 3.8) is 0 Å². The molecule has 0 spiro atoms. The fraction of sp³-hybridized carbons (Fsp3) is 0.583. The highest BCUT2D eigenvalue weighted by atomic mass is 32.1. The monoisotopic (exact) mass is 461 g/mol. The highest BCUT2D eigenvalue weighted by molar-refractivity contribution is 7.07. The molecule has 0 N–H and O–H groups in total. The normalized spacial score (nSPS) is 14.3. The number of nitrogens with zero attached hydrogens (tertiary/aromatic N) is 3. The Balaban J connectivity index is 1.65. The Morgan fingerprint density at radius 3 is 2.75 bits per heavy atom. The molecule has 7 nitrogen and oxygen atoms in total. The Kier molecular flexibility index (Phi) is 10.3. The van der Waals surface area contributed by atoms with E-state index in [4.69, 9.17) is 14.2 Å². The van der Waals surface area contributed by atoms with E-state index < -0.39 is 0 Å². The first-order valence-corrected chi connectivity index (χ1v) is 12.4. The maximum Gasteiger partial charge on any atom is 0.254 e. The second-order valence-electron chi connectivity index (χ2n) is 7.94. The van der Waals surface area contributed by atoms with Crippen LogP contribution in [0.4, 0.5) is 0 Å². The maximum atomic E-state index is 13.4. The lowest BCUT2D eigenvalue weighted by molar-refractivity contribution is 0.0324. The van der Waals surface area contributed by atoms with E-state index in [0.717, 1.165) is 64.5 Å². The lowest BCUT2D eigenvalue weighted by Crippen LogP contribution is -2.43. The Labute approximate surface area is 195 Å². The Hall–Kier alpha value is -2.16. The minimum absolute atomic E-state index is 0.0408. The summed E-state index contributed by atoms with van der Waals surface area (Å²) in [6.45, 7) is 8.32. The number of rotatable bonds is 13. The summed E-state index contributed by atoms with van der Waals surface area (Å²) in [7, 11) is 1.60. The van der Waals surface area contributed by atoms with Crippen molar-refractivity contribution in [2.24, 2.45) is 0 Å². The zero-order chi connectivity index (χ0) is 22.6. The van der Waals surface area contributed by atoms with Crippen molar-refractivity contribution >= 4 is 17.2 Å². The van der Waals surface area contributed by atoms with Gasteiger partial charge in [-0.15, -0.1) is 11.3 Å². The van der Waals surface area contributed by atoms with Gasteiger partial charge in [-0.25, -0.2) is 4.98 Å². The third-order valence-electron chi connectivity index (χ3n) is 5.63. The third kappa shape index (κ3) is 7.46. The minimum atomic E-state index is 0.0408. The summed E-state index contributed by atoms with van der Waals surface area (Å²) in [4.78, 5) is 22.0. The molecule has 1 aliphatic rings. The van der Waals surface area contributed by atoms with E-state index in [1.54, 1.807) is 18.7 Å². The van der Waals surface area contributed by atoms with Gasteiger partial charge in [0.1, 0.15) is 6.61 Å². The minimum Gasteiger partial charge on any atom is -0.493 e. The first-order chi connectivity index (χ1) is 15.7. The maximum absolute atomic E-state index is 13.4. The lowest BCUT2D eigenvalue weighted by atomic mass is 10.1. The van der Waals surface area contributed by atoms with Crippen LogP contribution in [0.15, 0.2) is 29.1 Å². The van der Waals surface area contributed by atoms with Crippen LogP contribution in [0.1, 0.15) is 48.7 Å². The van der Waals surface area contributed by atoms with Crippen LogP contribution in [0.2, 0.25) is 0 Å². The molecular weight excluding hydrogens is 426 g/mol. The van der Waals surface area contributed by atoms with Gasteiger partial charge in [-0.3, -0.25) is 9.69 Å². The van der Waals surface area contributed by atoms with E-state index in [1.807, 2.05) is 22.4 Å². The zero-order valence-electron chi connectivity index (χ0n) is 19.3. The highest BCUT2D eigenvalue weighted by Crippen LogP contribution is 2.29. The molecule has 1 aromatic heterocycles. The largest absolute Gasteiger partial charge is 0.493 e. The topological polar surface area (TPSA) is 64.1 Å². The van der Waals surface area contributed by atoms with Gasteiger partial charge in [0.2, 0.25) is 0 Å². The van der Waals surface area contributed by atoms with Crippen LogP contribution in [0.3, 0.4) is 0 Å². The van der Waals surface area contributed by atoms with Gasteiger partial charge in [0.15, 0.2) is 11.5 Å². The van der Waals surface area contributed by atoms with E-state index in [1.165, 1.54) is 24.2 Å². The van der Waals surface area contributed by atoms with Crippen molar-refractivity contribution in [2.45, 2.75) is 39.2 Å². The van der Waals surface area contributed by atoms with Crippen LogP contribution in [-0.4, -0.2) is 73.7 Å². The third-order valence-corrected chi connectivity index (χ3v) is 6.26. The SMILES string of the molecule is CCCCCCN(CCN1CCOCC1)C(=O)c1ccc(OCc2cscn2)c(OC)c1. The molecule has 8 heteroatoms. The number of methoxy groups -OCH3 is 1. The number of benzene rings is 1. The molecule has 1 saturated heterocycles. The second-order valence-corrected chi connectivity index (χ2v) is 8.66. The fourth-order valence-corrected chi connectivity index (χ4v) is 4.24. The highest BCUT2D eigenvalue weighted by Gasteiger charge is 2.20. The van der Waals surface area contributed by atoms with Crippen LogP contribution >= 0.6 is 11.3 Å². The van der Waals surface area contributed by atoms with Gasteiger partial charge in [0.05, 0.1) is 31.5 Å². The number of ether oxygens (including phenoxy) is 3. The summed E-state index contributed by atoms with van der Waals surface area (Å²) < 4.78 is 16.8. The van der Waals surface area contributed by atoms with E-state index in [-0.39, 0.29) is 5.91 Å². The van der Waals surface area contributed by atoms with E-state index in [9.17, 15) is 4.79 Å². The number of carbonyl (C=O) groups is 1. The van der Waals surface area contributed by atoms with Gasteiger partial charge < -0.3 is 19.1 Å². The molecule has 0 atom stereocenters. The molecule has 0 saturated carbocycles. The summed E-state index contributed by atoms with van der Waals surface area (Å²) in [6.07, 6.45) is 4.55. The molecule has 2 aromatic rings. The molecule has 3 rings (SSSR count). The molecule has 1 fully saturated rings. The van der Waals surface area contributed by atoms with Crippen molar-refractivity contribution in [3.8, 4) is 11.5 Å². The molecule has 1 aliphatic heterocycles. The van der Waals surface area contributed by atoms with Crippen molar-refractivity contribution in [2.75, 3.05) is 53.0 Å². The second kappa shape index (κ2) is 13.4. The standard InChI is InChI=1S/C24H35N3O4S/c1-3-4-5-6-9-27(11-10-26-12-14-30-15-13-26)24(28)20-7-8-22(23(16-20)29-2)31-17-21-18-32-19-25-21/h7-8,16,18-19H,3-6,9-15,17H2,1-2H3. The first kappa shape index (κ1) is 24.5. The fourth-order valence-electron chi connectivity index (χ4n) is 3.69. The quantitative estimate of drug-likeness (QED) is 0.419. The summed E-state index contributed by atoms with van der Waals surface area (Å²) in [5, 5.41) is 1.95. The van der Waals surface area contributed by atoms with Crippen LogP contribution in [0.5, 0.6) is 11.5 Å². The van der Waals surface area contributed by atoms with Gasteiger partial charge in [-0.05, 0) is 24.6 Å². The van der Waals surface area contributed by atoms with Gasteiger partial charge in [0, 0.05) is 43.7 Å². The number of amides is 1. The number of thiazole rings is 1. The van der Waals surface area contributed by atoms with Crippen molar-refractivity contribution in [1.82, 2.24) is 14.8 Å². The number of unbranched alkanes of at least 4 members (excludes halogenated alkanes) is 3.